The topological polar surface area (TPSA) is 55.6 Å². The number of ether oxygens (including phenoxy) is 1. The third-order valence-electron chi connectivity index (χ3n) is 2.50. The molecule has 0 saturated carbocycles. The zero-order valence-corrected chi connectivity index (χ0v) is 8.20. The van der Waals surface area contributed by atoms with E-state index in [1.54, 1.807) is 12.4 Å². The average molecular weight is 205 g/mol. The van der Waals surface area contributed by atoms with Crippen molar-refractivity contribution in [2.75, 3.05) is 31.2 Å². The Balaban J connectivity index is 2.05. The molecule has 0 radical (unpaired) electrons. The van der Waals surface area contributed by atoms with Crippen molar-refractivity contribution in [1.29, 1.82) is 0 Å². The van der Waals surface area contributed by atoms with Crippen LogP contribution in [0.1, 0.15) is 0 Å². The SMILES string of the molecule is c1cn2c(N3CCOCC3)nncc2n1. The molecule has 3 heterocycles. The Morgan fingerprint density at radius 1 is 1.27 bits per heavy atom. The zero-order valence-electron chi connectivity index (χ0n) is 8.20. The van der Waals surface area contributed by atoms with Gasteiger partial charge in [-0.2, -0.15) is 5.10 Å². The fourth-order valence-electron chi connectivity index (χ4n) is 1.74. The molecule has 2 aromatic heterocycles. The van der Waals surface area contributed by atoms with Crippen LogP contribution >= 0.6 is 0 Å². The van der Waals surface area contributed by atoms with Crippen LogP contribution in [0.2, 0.25) is 0 Å². The summed E-state index contributed by atoms with van der Waals surface area (Å²) in [6.07, 6.45) is 5.31. The molecule has 0 unspecified atom stereocenters. The first-order valence-corrected chi connectivity index (χ1v) is 4.92. The van der Waals surface area contributed by atoms with Gasteiger partial charge in [0.25, 0.3) is 0 Å². The molecule has 0 N–H and O–H groups in total. The Hall–Kier alpha value is -1.69. The third kappa shape index (κ3) is 1.42. The van der Waals surface area contributed by atoms with Gasteiger partial charge in [0, 0.05) is 25.5 Å². The van der Waals surface area contributed by atoms with Crippen LogP contribution in [-0.2, 0) is 4.74 Å². The zero-order chi connectivity index (χ0) is 10.1. The Kier molecular flexibility index (Phi) is 1.99. The van der Waals surface area contributed by atoms with Crippen molar-refractivity contribution in [3.63, 3.8) is 0 Å². The maximum Gasteiger partial charge on any atom is 0.231 e. The maximum atomic E-state index is 5.30. The van der Waals surface area contributed by atoms with Crippen LogP contribution in [0.25, 0.3) is 5.65 Å². The number of hydrogen-bond donors (Lipinski definition) is 0. The summed E-state index contributed by atoms with van der Waals surface area (Å²) in [4.78, 5) is 6.33. The highest BCUT2D eigenvalue weighted by Crippen LogP contribution is 2.12. The van der Waals surface area contributed by atoms with Crippen molar-refractivity contribution >= 4 is 11.6 Å². The number of fused-ring (bicyclic) bond motifs is 1. The first kappa shape index (κ1) is 8.60. The van der Waals surface area contributed by atoms with Gasteiger partial charge in [-0.15, -0.1) is 5.10 Å². The molecular formula is C9H11N5O. The van der Waals surface area contributed by atoms with E-state index in [1.807, 2.05) is 10.6 Å². The summed E-state index contributed by atoms with van der Waals surface area (Å²) in [6, 6.07) is 0. The lowest BCUT2D eigenvalue weighted by atomic mass is 10.4. The summed E-state index contributed by atoms with van der Waals surface area (Å²) in [5, 5.41) is 8.09. The van der Waals surface area contributed by atoms with Crippen molar-refractivity contribution in [3.05, 3.63) is 18.6 Å². The van der Waals surface area contributed by atoms with Gasteiger partial charge >= 0.3 is 0 Å². The summed E-state index contributed by atoms with van der Waals surface area (Å²) in [6.45, 7) is 3.19. The van der Waals surface area contributed by atoms with Crippen LogP contribution in [0.4, 0.5) is 5.95 Å². The number of anilines is 1. The average Bonchev–Trinajstić information content (AvgIpc) is 2.78. The minimum atomic E-state index is 0.743. The number of nitrogens with zero attached hydrogens (tertiary/aromatic N) is 5. The predicted molar refractivity (Wildman–Crippen MR) is 53.8 cm³/mol. The number of rotatable bonds is 1. The fourth-order valence-corrected chi connectivity index (χ4v) is 1.74. The van der Waals surface area contributed by atoms with Crippen LogP contribution in [0, 0.1) is 0 Å². The molecule has 1 saturated heterocycles. The lowest BCUT2D eigenvalue weighted by Crippen LogP contribution is -2.38. The van der Waals surface area contributed by atoms with Crippen LogP contribution in [0.15, 0.2) is 18.6 Å². The molecule has 0 aromatic carbocycles. The molecule has 78 valence electrons. The normalized spacial score (nSPS) is 17.2. The minimum absolute atomic E-state index is 0.743. The summed E-state index contributed by atoms with van der Waals surface area (Å²) in [5.41, 5.74) is 0.825. The molecule has 0 bridgehead atoms. The van der Waals surface area contributed by atoms with E-state index in [-0.39, 0.29) is 0 Å². The van der Waals surface area contributed by atoms with E-state index in [0.717, 1.165) is 37.9 Å². The molecule has 1 aliphatic rings. The molecule has 2 aromatic rings. The first-order chi connectivity index (χ1) is 7.45. The summed E-state index contributed by atoms with van der Waals surface area (Å²) < 4.78 is 7.24. The van der Waals surface area contributed by atoms with Crippen molar-refractivity contribution in [2.24, 2.45) is 0 Å². The van der Waals surface area contributed by atoms with E-state index >= 15 is 0 Å². The Morgan fingerprint density at radius 2 is 2.13 bits per heavy atom. The lowest BCUT2D eigenvalue weighted by molar-refractivity contribution is 0.122. The highest BCUT2D eigenvalue weighted by Gasteiger charge is 2.15. The largest absolute Gasteiger partial charge is 0.378 e. The molecule has 1 aliphatic heterocycles. The highest BCUT2D eigenvalue weighted by molar-refractivity contribution is 5.44. The molecule has 6 heteroatoms. The molecule has 15 heavy (non-hydrogen) atoms. The molecule has 0 aliphatic carbocycles. The second-order valence-electron chi connectivity index (χ2n) is 3.40. The summed E-state index contributed by atoms with van der Waals surface area (Å²) in [7, 11) is 0. The van der Waals surface area contributed by atoms with Gasteiger partial charge in [0.2, 0.25) is 5.95 Å². The predicted octanol–water partition coefficient (Wildman–Crippen LogP) is -0.0391. The summed E-state index contributed by atoms with van der Waals surface area (Å²) >= 11 is 0. The smallest absolute Gasteiger partial charge is 0.231 e. The summed E-state index contributed by atoms with van der Waals surface area (Å²) in [5.74, 6) is 0.841. The van der Waals surface area contributed by atoms with E-state index in [9.17, 15) is 0 Å². The van der Waals surface area contributed by atoms with Gasteiger partial charge in [0.15, 0.2) is 5.65 Å². The molecule has 3 rings (SSSR count). The number of morpholine rings is 1. The second kappa shape index (κ2) is 3.47. The number of imidazole rings is 1. The lowest BCUT2D eigenvalue weighted by Gasteiger charge is -2.27. The van der Waals surface area contributed by atoms with E-state index < -0.39 is 0 Å². The van der Waals surface area contributed by atoms with Crippen LogP contribution in [0.5, 0.6) is 0 Å². The second-order valence-corrected chi connectivity index (χ2v) is 3.40. The van der Waals surface area contributed by atoms with Crippen LogP contribution in [-0.4, -0.2) is 45.9 Å². The van der Waals surface area contributed by atoms with Crippen LogP contribution in [0.3, 0.4) is 0 Å². The molecule has 1 fully saturated rings. The number of hydrogen-bond acceptors (Lipinski definition) is 5. The maximum absolute atomic E-state index is 5.30. The van der Waals surface area contributed by atoms with Gasteiger partial charge in [-0.25, -0.2) is 4.98 Å². The Bertz CT molecular complexity index is 462. The van der Waals surface area contributed by atoms with E-state index in [1.165, 1.54) is 0 Å². The quantitative estimate of drug-likeness (QED) is 0.654. The van der Waals surface area contributed by atoms with Crippen LogP contribution < -0.4 is 4.90 Å². The molecule has 0 spiro atoms. The highest BCUT2D eigenvalue weighted by atomic mass is 16.5. The molecule has 0 atom stereocenters. The fraction of sp³-hybridized carbons (Fsp3) is 0.444. The Labute approximate surface area is 86.5 Å². The minimum Gasteiger partial charge on any atom is -0.378 e. The number of aromatic nitrogens is 4. The molecule has 0 amide bonds. The van der Waals surface area contributed by atoms with Crippen molar-refractivity contribution < 1.29 is 4.74 Å². The Morgan fingerprint density at radius 3 is 3.00 bits per heavy atom. The van der Waals surface area contributed by atoms with E-state index in [4.69, 9.17) is 4.74 Å². The third-order valence-corrected chi connectivity index (χ3v) is 2.50. The van der Waals surface area contributed by atoms with Gasteiger partial charge in [0.1, 0.15) is 0 Å². The van der Waals surface area contributed by atoms with Crippen molar-refractivity contribution in [3.8, 4) is 0 Å². The van der Waals surface area contributed by atoms with E-state index in [2.05, 4.69) is 20.1 Å². The monoisotopic (exact) mass is 205 g/mol. The van der Waals surface area contributed by atoms with Gasteiger partial charge in [-0.1, -0.05) is 0 Å². The van der Waals surface area contributed by atoms with Gasteiger partial charge in [0.05, 0.1) is 19.4 Å². The van der Waals surface area contributed by atoms with Crippen molar-refractivity contribution in [1.82, 2.24) is 19.6 Å². The molecular weight excluding hydrogens is 194 g/mol. The van der Waals surface area contributed by atoms with Gasteiger partial charge < -0.3 is 9.64 Å². The molecule has 6 nitrogen and oxygen atoms in total. The van der Waals surface area contributed by atoms with Gasteiger partial charge in [-0.05, 0) is 0 Å². The first-order valence-electron chi connectivity index (χ1n) is 4.92. The van der Waals surface area contributed by atoms with E-state index in [0.29, 0.717) is 0 Å². The standard InChI is InChI=1S/C9H11N5O/c1-2-14-8(10-1)7-11-12-9(14)13-3-5-15-6-4-13/h1-2,7H,3-6H2. The van der Waals surface area contributed by atoms with Crippen molar-refractivity contribution in [2.45, 2.75) is 0 Å². The van der Waals surface area contributed by atoms with Gasteiger partial charge in [-0.3, -0.25) is 4.40 Å².